The number of carbonyl (C=O) groups is 2. The van der Waals surface area contributed by atoms with E-state index in [1.807, 2.05) is 20.8 Å². The molecule has 0 saturated carbocycles. The maximum atomic E-state index is 13.6. The number of rotatable bonds is 6. The van der Waals surface area contributed by atoms with Crippen LogP contribution >= 0.6 is 0 Å². The lowest BCUT2D eigenvalue weighted by molar-refractivity contribution is -0.129. The van der Waals surface area contributed by atoms with E-state index in [0.717, 1.165) is 12.5 Å². The van der Waals surface area contributed by atoms with Gasteiger partial charge in [0.2, 0.25) is 0 Å². The van der Waals surface area contributed by atoms with Crippen LogP contribution in [0.15, 0.2) is 18.2 Å². The largest absolute Gasteiger partial charge is 0.478 e. The summed E-state index contributed by atoms with van der Waals surface area (Å²) in [6, 6.07) is 3.85. The summed E-state index contributed by atoms with van der Waals surface area (Å²) < 4.78 is 18.9. The molecule has 0 aliphatic carbocycles. The summed E-state index contributed by atoms with van der Waals surface area (Å²) >= 11 is 0. The van der Waals surface area contributed by atoms with Crippen LogP contribution in [0.4, 0.5) is 4.39 Å². The molecule has 0 aliphatic rings. The van der Waals surface area contributed by atoms with Crippen LogP contribution < -0.4 is 10.1 Å². The fourth-order valence-electron chi connectivity index (χ4n) is 1.45. The maximum absolute atomic E-state index is 13.6. The molecular formula is C15H20FNO3. The molecule has 20 heavy (non-hydrogen) atoms. The van der Waals surface area contributed by atoms with Crippen LogP contribution in [0.25, 0.3) is 0 Å². The fraction of sp³-hybridized carbons (Fsp3) is 0.467. The van der Waals surface area contributed by atoms with Crippen LogP contribution in [-0.2, 0) is 4.79 Å². The zero-order valence-electron chi connectivity index (χ0n) is 12.2. The van der Waals surface area contributed by atoms with Gasteiger partial charge in [-0.3, -0.25) is 9.59 Å². The lowest BCUT2D eigenvalue weighted by atomic mass is 10.0. The molecule has 0 aromatic heterocycles. The first-order chi connectivity index (χ1) is 9.29. The van der Waals surface area contributed by atoms with Gasteiger partial charge in [-0.1, -0.05) is 6.92 Å². The first-order valence-electron chi connectivity index (χ1n) is 6.52. The molecule has 0 aliphatic heterocycles. The predicted molar refractivity (Wildman–Crippen MR) is 74.4 cm³/mol. The topological polar surface area (TPSA) is 55.4 Å². The van der Waals surface area contributed by atoms with E-state index in [1.54, 1.807) is 6.92 Å². The molecule has 0 fully saturated rings. The molecule has 1 amide bonds. The Morgan fingerprint density at radius 3 is 2.65 bits per heavy atom. The fourth-order valence-corrected chi connectivity index (χ4v) is 1.45. The van der Waals surface area contributed by atoms with Crippen molar-refractivity contribution < 1.29 is 18.7 Å². The second-order valence-corrected chi connectivity index (χ2v) is 5.29. The molecule has 1 aromatic rings. The van der Waals surface area contributed by atoms with Gasteiger partial charge < -0.3 is 10.1 Å². The Morgan fingerprint density at radius 1 is 1.50 bits per heavy atom. The molecule has 110 valence electrons. The van der Waals surface area contributed by atoms with E-state index in [9.17, 15) is 14.0 Å². The number of ether oxygens (including phenoxy) is 1. The van der Waals surface area contributed by atoms with Crippen LogP contribution in [-0.4, -0.2) is 23.8 Å². The zero-order chi connectivity index (χ0) is 15.3. The number of halogens is 1. The van der Waals surface area contributed by atoms with Crippen molar-refractivity contribution in [1.29, 1.82) is 0 Å². The Hall–Kier alpha value is -1.91. The van der Waals surface area contributed by atoms with E-state index in [1.165, 1.54) is 12.1 Å². The monoisotopic (exact) mass is 281 g/mol. The predicted octanol–water partition coefficient (Wildman–Crippen LogP) is 2.71. The highest BCUT2D eigenvalue weighted by molar-refractivity contribution is 5.81. The minimum atomic E-state index is -0.822. The third-order valence-electron chi connectivity index (χ3n) is 3.11. The maximum Gasteiger partial charge on any atom is 0.261 e. The van der Waals surface area contributed by atoms with E-state index >= 15 is 0 Å². The van der Waals surface area contributed by atoms with Crippen LogP contribution in [0, 0.1) is 5.82 Å². The van der Waals surface area contributed by atoms with Crippen LogP contribution in [0.5, 0.6) is 5.75 Å². The van der Waals surface area contributed by atoms with Crippen molar-refractivity contribution in [3.05, 3.63) is 29.6 Å². The highest BCUT2D eigenvalue weighted by Gasteiger charge is 2.23. The third kappa shape index (κ3) is 4.33. The average Bonchev–Trinajstić information content (AvgIpc) is 2.40. The number of carbonyl (C=O) groups excluding carboxylic acids is 2. The summed E-state index contributed by atoms with van der Waals surface area (Å²) in [6.07, 6.45) is 0.498. The minimum absolute atomic E-state index is 0.0486. The molecule has 1 N–H and O–H groups in total. The van der Waals surface area contributed by atoms with E-state index in [2.05, 4.69) is 5.32 Å². The molecule has 1 aromatic carbocycles. The molecule has 0 saturated heterocycles. The summed E-state index contributed by atoms with van der Waals surface area (Å²) in [6.45, 7) is 7.31. The number of benzene rings is 1. The average molecular weight is 281 g/mol. The number of amides is 1. The van der Waals surface area contributed by atoms with Crippen molar-refractivity contribution in [2.45, 2.75) is 45.8 Å². The van der Waals surface area contributed by atoms with Gasteiger partial charge in [-0.15, -0.1) is 0 Å². The molecule has 1 unspecified atom stereocenters. The molecule has 0 radical (unpaired) electrons. The van der Waals surface area contributed by atoms with Crippen LogP contribution in [0.1, 0.15) is 44.5 Å². The molecule has 0 bridgehead atoms. The van der Waals surface area contributed by atoms with Crippen molar-refractivity contribution >= 4 is 12.2 Å². The smallest absolute Gasteiger partial charge is 0.261 e. The van der Waals surface area contributed by atoms with Gasteiger partial charge in [0, 0.05) is 11.1 Å². The SMILES string of the molecule is CCC(C)(C)NC(=O)C(C)Oc1ccc(C=O)cc1F. The quantitative estimate of drug-likeness (QED) is 0.816. The highest BCUT2D eigenvalue weighted by Crippen LogP contribution is 2.19. The molecule has 0 spiro atoms. The Kier molecular flexibility index (Phi) is 5.25. The number of hydrogen-bond donors (Lipinski definition) is 1. The summed E-state index contributed by atoms with van der Waals surface area (Å²) in [7, 11) is 0. The van der Waals surface area contributed by atoms with Crippen molar-refractivity contribution in [2.75, 3.05) is 0 Å². The first kappa shape index (κ1) is 16.1. The van der Waals surface area contributed by atoms with E-state index < -0.39 is 11.9 Å². The van der Waals surface area contributed by atoms with Crippen molar-refractivity contribution in [2.24, 2.45) is 0 Å². The number of hydrogen-bond acceptors (Lipinski definition) is 3. The second-order valence-electron chi connectivity index (χ2n) is 5.29. The molecular weight excluding hydrogens is 261 g/mol. The lowest BCUT2D eigenvalue weighted by Crippen LogP contribution is -2.48. The van der Waals surface area contributed by atoms with Crippen molar-refractivity contribution in [3.63, 3.8) is 0 Å². The summed E-state index contributed by atoms with van der Waals surface area (Å²) in [5.41, 5.74) is -0.117. The standard InChI is InChI=1S/C15H20FNO3/c1-5-15(3,4)17-14(19)10(2)20-13-7-6-11(9-18)8-12(13)16/h6-10H,5H2,1-4H3,(H,17,19). The summed E-state index contributed by atoms with van der Waals surface area (Å²) in [5.74, 6) is -1.02. The number of nitrogens with one attached hydrogen (secondary N) is 1. The van der Waals surface area contributed by atoms with Crippen LogP contribution in [0.2, 0.25) is 0 Å². The van der Waals surface area contributed by atoms with Gasteiger partial charge in [0.15, 0.2) is 17.7 Å². The van der Waals surface area contributed by atoms with E-state index in [4.69, 9.17) is 4.74 Å². The first-order valence-corrected chi connectivity index (χ1v) is 6.52. The van der Waals surface area contributed by atoms with Gasteiger partial charge in [0.25, 0.3) is 5.91 Å². The van der Waals surface area contributed by atoms with Gasteiger partial charge in [0.1, 0.15) is 6.29 Å². The summed E-state index contributed by atoms with van der Waals surface area (Å²) in [5, 5.41) is 2.83. The molecule has 0 heterocycles. The molecule has 4 nitrogen and oxygen atoms in total. The van der Waals surface area contributed by atoms with Crippen LogP contribution in [0.3, 0.4) is 0 Å². The number of aldehydes is 1. The highest BCUT2D eigenvalue weighted by atomic mass is 19.1. The van der Waals surface area contributed by atoms with Gasteiger partial charge in [-0.2, -0.15) is 0 Å². The van der Waals surface area contributed by atoms with Gasteiger partial charge in [-0.05, 0) is 45.4 Å². The second kappa shape index (κ2) is 6.50. The molecule has 1 atom stereocenters. The Labute approximate surface area is 118 Å². The Morgan fingerprint density at radius 2 is 2.15 bits per heavy atom. The van der Waals surface area contributed by atoms with Gasteiger partial charge >= 0.3 is 0 Å². The third-order valence-corrected chi connectivity index (χ3v) is 3.11. The zero-order valence-corrected chi connectivity index (χ0v) is 12.2. The van der Waals surface area contributed by atoms with Crippen molar-refractivity contribution in [3.8, 4) is 5.75 Å². The van der Waals surface area contributed by atoms with Crippen molar-refractivity contribution in [1.82, 2.24) is 5.32 Å². The van der Waals surface area contributed by atoms with Gasteiger partial charge in [0.05, 0.1) is 0 Å². The molecule has 1 rings (SSSR count). The van der Waals surface area contributed by atoms with Gasteiger partial charge in [-0.25, -0.2) is 4.39 Å². The Bertz CT molecular complexity index is 500. The van der Waals surface area contributed by atoms with E-state index in [0.29, 0.717) is 6.29 Å². The van der Waals surface area contributed by atoms with E-state index in [-0.39, 0.29) is 22.8 Å². The summed E-state index contributed by atoms with van der Waals surface area (Å²) in [4.78, 5) is 22.5. The minimum Gasteiger partial charge on any atom is -0.478 e. The lowest BCUT2D eigenvalue weighted by Gasteiger charge is -2.26. The normalized spacial score (nSPS) is 12.7. The molecule has 5 heteroatoms. The Balaban J connectivity index is 2.73.